The van der Waals surface area contributed by atoms with Gasteiger partial charge in [-0.15, -0.1) is 0 Å². The number of aromatic amines is 1. The van der Waals surface area contributed by atoms with Crippen molar-refractivity contribution in [3.8, 4) is 11.1 Å². The maximum Gasteiger partial charge on any atom is 0.288 e. The van der Waals surface area contributed by atoms with E-state index in [1.807, 2.05) is 42.5 Å². The van der Waals surface area contributed by atoms with Gasteiger partial charge in [-0.3, -0.25) is 4.79 Å². The number of amides is 1. The summed E-state index contributed by atoms with van der Waals surface area (Å²) in [5, 5.41) is 5.75. The summed E-state index contributed by atoms with van der Waals surface area (Å²) in [6, 6.07) is 21.4. The number of H-pyrrole nitrogens is 1. The third-order valence-electron chi connectivity index (χ3n) is 4.98. The van der Waals surface area contributed by atoms with E-state index in [9.17, 15) is 4.79 Å². The van der Waals surface area contributed by atoms with E-state index in [4.69, 9.17) is 11.6 Å². The fourth-order valence-electron chi connectivity index (χ4n) is 3.28. The summed E-state index contributed by atoms with van der Waals surface area (Å²) >= 11 is 5.89. The fraction of sp³-hybridized carbons (Fsp3) is 0.0833. The lowest BCUT2D eigenvalue weighted by molar-refractivity contribution is 0.0951. The number of nitrogens with one attached hydrogen (secondary N) is 2. The first-order valence-electron chi connectivity index (χ1n) is 9.30. The average Bonchev–Trinajstić information content (AvgIpc) is 3.11. The Bertz CT molecular complexity index is 1220. The second kappa shape index (κ2) is 7.94. The zero-order valence-corrected chi connectivity index (χ0v) is 16.9. The lowest BCUT2D eigenvalue weighted by Crippen LogP contribution is -2.18. The number of carbonyl (C=O) groups is 1. The minimum atomic E-state index is -0.292. The molecule has 4 nitrogen and oxygen atoms in total. The first kappa shape index (κ1) is 19.0. The monoisotopic (exact) mass is 401 g/mol. The summed E-state index contributed by atoms with van der Waals surface area (Å²) in [5.41, 5.74) is 9.14. The number of aryl methyl sites for hydroxylation is 2. The molecule has 5 heteroatoms. The van der Waals surface area contributed by atoms with Crippen LogP contribution in [0.5, 0.6) is 0 Å². The minimum Gasteiger partial charge on any atom is -0.350 e. The van der Waals surface area contributed by atoms with Gasteiger partial charge in [0.1, 0.15) is 5.69 Å². The van der Waals surface area contributed by atoms with Crippen molar-refractivity contribution in [1.29, 1.82) is 0 Å². The summed E-state index contributed by atoms with van der Waals surface area (Å²) in [4.78, 5) is 16.2. The molecule has 0 saturated heterocycles. The summed E-state index contributed by atoms with van der Waals surface area (Å²) in [7, 11) is 0. The number of hydrazone groups is 1. The molecule has 4 rings (SSSR count). The van der Waals surface area contributed by atoms with Crippen molar-refractivity contribution >= 4 is 34.6 Å². The molecule has 0 aliphatic heterocycles. The van der Waals surface area contributed by atoms with Crippen LogP contribution in [0.3, 0.4) is 0 Å². The van der Waals surface area contributed by atoms with Gasteiger partial charge in [0.05, 0.1) is 6.21 Å². The van der Waals surface area contributed by atoms with Crippen molar-refractivity contribution in [2.24, 2.45) is 5.10 Å². The molecule has 0 aliphatic rings. The molecule has 0 aliphatic carbocycles. The highest BCUT2D eigenvalue weighted by atomic mass is 35.5. The van der Waals surface area contributed by atoms with Gasteiger partial charge < -0.3 is 4.98 Å². The van der Waals surface area contributed by atoms with Crippen molar-refractivity contribution in [2.75, 3.05) is 0 Å². The molecule has 0 atom stereocenters. The molecule has 1 amide bonds. The molecular formula is C24H20ClN3O. The van der Waals surface area contributed by atoms with Gasteiger partial charge in [-0.1, -0.05) is 60.1 Å². The summed E-state index contributed by atoms with van der Waals surface area (Å²) in [6.45, 7) is 4.15. The molecule has 0 bridgehead atoms. The van der Waals surface area contributed by atoms with Gasteiger partial charge in [0.15, 0.2) is 0 Å². The predicted octanol–water partition coefficient (Wildman–Crippen LogP) is 5.87. The van der Waals surface area contributed by atoms with Gasteiger partial charge in [-0.25, -0.2) is 5.43 Å². The molecule has 2 N–H and O–H groups in total. The third-order valence-corrected chi connectivity index (χ3v) is 5.23. The minimum absolute atomic E-state index is 0.292. The first-order valence-corrected chi connectivity index (χ1v) is 9.68. The number of para-hydroxylation sites is 1. The summed E-state index contributed by atoms with van der Waals surface area (Å²) in [5.74, 6) is -0.292. The Morgan fingerprint density at radius 3 is 2.52 bits per heavy atom. The first-order chi connectivity index (χ1) is 14.0. The van der Waals surface area contributed by atoms with Gasteiger partial charge >= 0.3 is 0 Å². The van der Waals surface area contributed by atoms with Gasteiger partial charge in [0, 0.05) is 21.5 Å². The van der Waals surface area contributed by atoms with Crippen LogP contribution in [0.2, 0.25) is 5.02 Å². The van der Waals surface area contributed by atoms with E-state index in [-0.39, 0.29) is 5.91 Å². The van der Waals surface area contributed by atoms with Crippen LogP contribution in [0.25, 0.3) is 22.0 Å². The largest absolute Gasteiger partial charge is 0.350 e. The van der Waals surface area contributed by atoms with E-state index >= 15 is 0 Å². The number of hydrogen-bond acceptors (Lipinski definition) is 2. The maximum atomic E-state index is 12.9. The standard InChI is InChI=1S/C24H20ClN3O/c1-15-7-10-18(13-16(15)2)22-20-5-3-4-6-21(20)27-23(22)24(29)28-26-14-17-8-11-19(25)12-9-17/h3-14,27H,1-2H3,(H,28,29). The second-order valence-corrected chi connectivity index (χ2v) is 7.41. The van der Waals surface area contributed by atoms with Crippen LogP contribution in [0, 0.1) is 13.8 Å². The van der Waals surface area contributed by atoms with Crippen LogP contribution in [0.1, 0.15) is 27.2 Å². The highest BCUT2D eigenvalue weighted by Crippen LogP contribution is 2.33. The van der Waals surface area contributed by atoms with Crippen LogP contribution >= 0.6 is 11.6 Å². The highest BCUT2D eigenvalue weighted by molar-refractivity contribution is 6.30. The molecule has 29 heavy (non-hydrogen) atoms. The Kier molecular flexibility index (Phi) is 5.19. The Morgan fingerprint density at radius 2 is 1.76 bits per heavy atom. The van der Waals surface area contributed by atoms with E-state index in [1.165, 1.54) is 11.1 Å². The molecule has 0 unspecified atom stereocenters. The van der Waals surface area contributed by atoms with Crippen LogP contribution in [-0.2, 0) is 0 Å². The van der Waals surface area contributed by atoms with Crippen molar-refractivity contribution in [3.05, 3.63) is 94.1 Å². The van der Waals surface area contributed by atoms with Gasteiger partial charge in [0.2, 0.25) is 0 Å². The SMILES string of the molecule is Cc1ccc(-c2c(C(=O)NN=Cc3ccc(Cl)cc3)[nH]c3ccccc23)cc1C. The quantitative estimate of drug-likeness (QED) is 0.326. The second-order valence-electron chi connectivity index (χ2n) is 6.97. The molecule has 0 fully saturated rings. The zero-order valence-electron chi connectivity index (χ0n) is 16.2. The Morgan fingerprint density at radius 1 is 1.00 bits per heavy atom. The van der Waals surface area contributed by atoms with E-state index in [0.717, 1.165) is 27.6 Å². The highest BCUT2D eigenvalue weighted by Gasteiger charge is 2.19. The number of nitrogens with zero attached hydrogens (tertiary/aromatic N) is 1. The van der Waals surface area contributed by atoms with Crippen LogP contribution < -0.4 is 5.43 Å². The maximum absolute atomic E-state index is 12.9. The Labute approximate surface area is 174 Å². The third kappa shape index (κ3) is 3.93. The van der Waals surface area contributed by atoms with E-state index in [1.54, 1.807) is 18.3 Å². The topological polar surface area (TPSA) is 57.2 Å². The van der Waals surface area contributed by atoms with Crippen LogP contribution in [0.15, 0.2) is 71.8 Å². The Balaban J connectivity index is 1.70. The predicted molar refractivity (Wildman–Crippen MR) is 120 cm³/mol. The number of halogens is 1. The number of carbonyl (C=O) groups excluding carboxylic acids is 1. The average molecular weight is 402 g/mol. The number of benzene rings is 3. The normalized spacial score (nSPS) is 11.3. The summed E-state index contributed by atoms with van der Waals surface area (Å²) in [6.07, 6.45) is 1.59. The van der Waals surface area contributed by atoms with Crippen molar-refractivity contribution in [2.45, 2.75) is 13.8 Å². The summed E-state index contributed by atoms with van der Waals surface area (Å²) < 4.78 is 0. The molecule has 1 heterocycles. The number of hydrogen-bond donors (Lipinski definition) is 2. The molecule has 1 aromatic heterocycles. The lowest BCUT2D eigenvalue weighted by atomic mass is 9.98. The van der Waals surface area contributed by atoms with Crippen LogP contribution in [-0.4, -0.2) is 17.1 Å². The lowest BCUT2D eigenvalue weighted by Gasteiger charge is -2.07. The fourth-order valence-corrected chi connectivity index (χ4v) is 3.41. The molecule has 0 saturated carbocycles. The molecular weight excluding hydrogens is 382 g/mol. The Hall–Kier alpha value is -3.37. The zero-order chi connectivity index (χ0) is 20.4. The van der Waals surface area contributed by atoms with Gasteiger partial charge in [-0.05, 0) is 54.3 Å². The molecule has 144 valence electrons. The van der Waals surface area contributed by atoms with Crippen molar-refractivity contribution in [1.82, 2.24) is 10.4 Å². The molecule has 0 spiro atoms. The molecule has 0 radical (unpaired) electrons. The molecule has 3 aromatic carbocycles. The van der Waals surface area contributed by atoms with Crippen LogP contribution in [0.4, 0.5) is 0 Å². The molecule has 4 aromatic rings. The van der Waals surface area contributed by atoms with Crippen molar-refractivity contribution in [3.63, 3.8) is 0 Å². The number of fused-ring (bicyclic) bond motifs is 1. The van der Waals surface area contributed by atoms with Crippen molar-refractivity contribution < 1.29 is 4.79 Å². The number of aromatic nitrogens is 1. The van der Waals surface area contributed by atoms with Gasteiger partial charge in [-0.2, -0.15) is 5.10 Å². The van der Waals surface area contributed by atoms with E-state index in [0.29, 0.717) is 10.7 Å². The van der Waals surface area contributed by atoms with E-state index in [2.05, 4.69) is 41.5 Å². The number of rotatable bonds is 4. The van der Waals surface area contributed by atoms with E-state index < -0.39 is 0 Å². The smallest absolute Gasteiger partial charge is 0.288 e. The van der Waals surface area contributed by atoms with Gasteiger partial charge in [0.25, 0.3) is 5.91 Å².